The molecule has 1 aromatic rings. The Labute approximate surface area is 118 Å². The fourth-order valence-electron chi connectivity index (χ4n) is 2.29. The Hall–Kier alpha value is -1.33. The highest BCUT2D eigenvalue weighted by Gasteiger charge is 2.20. The third-order valence-electron chi connectivity index (χ3n) is 3.35. The van der Waals surface area contributed by atoms with Gasteiger partial charge in [0.05, 0.1) is 0 Å². The van der Waals surface area contributed by atoms with E-state index < -0.39 is 0 Å². The first kappa shape index (κ1) is 14.1. The minimum atomic E-state index is -0.102. The second-order valence-electron chi connectivity index (χ2n) is 4.94. The second-order valence-corrected chi connectivity index (χ2v) is 5.33. The zero-order valence-corrected chi connectivity index (χ0v) is 12.0. The molecule has 0 bridgehead atoms. The average Bonchev–Trinajstić information content (AvgIpc) is 2.81. The maximum atomic E-state index is 12.1. The van der Waals surface area contributed by atoms with E-state index in [4.69, 9.17) is 11.6 Å². The zero-order chi connectivity index (χ0) is 13.8. The molecule has 1 atom stereocenters. The van der Waals surface area contributed by atoms with E-state index in [1.54, 1.807) is 19.2 Å². The lowest BCUT2D eigenvalue weighted by molar-refractivity contribution is 0.0947. The summed E-state index contributed by atoms with van der Waals surface area (Å²) in [5.41, 5.74) is 0.538. The molecule has 2 N–H and O–H groups in total. The first-order valence-electron chi connectivity index (χ1n) is 6.40. The fourth-order valence-corrected chi connectivity index (χ4v) is 2.50. The highest BCUT2D eigenvalue weighted by Crippen LogP contribution is 2.15. The molecule has 5 nitrogen and oxygen atoms in total. The molecule has 0 aliphatic carbocycles. The fraction of sp³-hybridized carbons (Fsp3) is 0.538. The van der Waals surface area contributed by atoms with Crippen LogP contribution in [0.1, 0.15) is 16.8 Å². The number of anilines is 1. The Bertz CT molecular complexity index is 466. The molecular weight excluding hydrogens is 264 g/mol. The number of rotatable bonds is 4. The van der Waals surface area contributed by atoms with Crippen LogP contribution in [0.5, 0.6) is 0 Å². The summed E-state index contributed by atoms with van der Waals surface area (Å²) < 4.78 is 0. The number of hydrogen-bond donors (Lipinski definition) is 2. The number of likely N-dealkylation sites (tertiary alicyclic amines) is 1. The van der Waals surface area contributed by atoms with Crippen LogP contribution in [0.15, 0.2) is 12.1 Å². The van der Waals surface area contributed by atoms with Gasteiger partial charge in [-0.1, -0.05) is 11.6 Å². The molecule has 19 heavy (non-hydrogen) atoms. The first-order valence-corrected chi connectivity index (χ1v) is 6.78. The predicted octanol–water partition coefficient (Wildman–Crippen LogP) is 1.46. The SMILES string of the molecule is CNc1cc(C(=O)NCC2CCN(C)C2)cc(Cl)n1. The number of halogens is 1. The lowest BCUT2D eigenvalue weighted by Crippen LogP contribution is -2.30. The van der Waals surface area contributed by atoms with Crippen molar-refractivity contribution < 1.29 is 4.79 Å². The van der Waals surface area contributed by atoms with Gasteiger partial charge in [-0.3, -0.25) is 4.79 Å². The molecule has 0 spiro atoms. The number of carbonyl (C=O) groups excluding carboxylic acids is 1. The Morgan fingerprint density at radius 2 is 2.37 bits per heavy atom. The average molecular weight is 283 g/mol. The Morgan fingerprint density at radius 3 is 3.00 bits per heavy atom. The van der Waals surface area contributed by atoms with Crippen LogP contribution in [-0.2, 0) is 0 Å². The molecule has 1 amide bonds. The maximum absolute atomic E-state index is 12.1. The Morgan fingerprint density at radius 1 is 1.58 bits per heavy atom. The quantitative estimate of drug-likeness (QED) is 0.821. The van der Waals surface area contributed by atoms with E-state index in [2.05, 4.69) is 27.6 Å². The van der Waals surface area contributed by atoms with Gasteiger partial charge in [0.25, 0.3) is 5.91 Å². The van der Waals surface area contributed by atoms with Crippen LogP contribution in [-0.4, -0.2) is 49.5 Å². The number of hydrogen-bond acceptors (Lipinski definition) is 4. The highest BCUT2D eigenvalue weighted by atomic mass is 35.5. The van der Waals surface area contributed by atoms with Crippen molar-refractivity contribution >= 4 is 23.3 Å². The summed E-state index contributed by atoms with van der Waals surface area (Å²) in [6, 6.07) is 3.28. The zero-order valence-electron chi connectivity index (χ0n) is 11.2. The number of aromatic nitrogens is 1. The molecule has 1 aliphatic rings. The van der Waals surface area contributed by atoms with Crippen molar-refractivity contribution in [1.82, 2.24) is 15.2 Å². The van der Waals surface area contributed by atoms with Crippen LogP contribution in [0.4, 0.5) is 5.82 Å². The largest absolute Gasteiger partial charge is 0.373 e. The smallest absolute Gasteiger partial charge is 0.251 e. The van der Waals surface area contributed by atoms with Crippen LogP contribution < -0.4 is 10.6 Å². The van der Waals surface area contributed by atoms with Crippen molar-refractivity contribution in [2.24, 2.45) is 5.92 Å². The number of carbonyl (C=O) groups is 1. The van der Waals surface area contributed by atoms with Crippen LogP contribution in [0, 0.1) is 5.92 Å². The van der Waals surface area contributed by atoms with Crippen molar-refractivity contribution in [2.45, 2.75) is 6.42 Å². The molecule has 1 saturated heterocycles. The molecule has 1 fully saturated rings. The minimum Gasteiger partial charge on any atom is -0.373 e. The van der Waals surface area contributed by atoms with Crippen LogP contribution in [0.25, 0.3) is 0 Å². The topological polar surface area (TPSA) is 57.3 Å². The van der Waals surface area contributed by atoms with E-state index in [9.17, 15) is 4.79 Å². The van der Waals surface area contributed by atoms with Gasteiger partial charge in [0.2, 0.25) is 0 Å². The number of pyridine rings is 1. The molecule has 6 heteroatoms. The molecule has 104 valence electrons. The van der Waals surface area contributed by atoms with Crippen molar-refractivity contribution in [3.63, 3.8) is 0 Å². The lowest BCUT2D eigenvalue weighted by Gasteiger charge is -2.12. The standard InChI is InChI=1S/C13H19ClN4O/c1-15-12-6-10(5-11(14)17-12)13(19)16-7-9-3-4-18(2)8-9/h5-6,9H,3-4,7-8H2,1-2H3,(H,15,17)(H,16,19). The number of nitrogens with zero attached hydrogens (tertiary/aromatic N) is 2. The van der Waals surface area contributed by atoms with Crippen molar-refractivity contribution in [3.05, 3.63) is 22.8 Å². The molecule has 0 radical (unpaired) electrons. The van der Waals surface area contributed by atoms with Gasteiger partial charge < -0.3 is 15.5 Å². The molecule has 2 heterocycles. The second kappa shape index (κ2) is 6.21. The third-order valence-corrected chi connectivity index (χ3v) is 3.55. The molecule has 1 unspecified atom stereocenters. The van der Waals surface area contributed by atoms with Gasteiger partial charge in [-0.15, -0.1) is 0 Å². The van der Waals surface area contributed by atoms with Crippen LogP contribution in [0.3, 0.4) is 0 Å². The highest BCUT2D eigenvalue weighted by molar-refractivity contribution is 6.29. The summed E-state index contributed by atoms with van der Waals surface area (Å²) >= 11 is 5.88. The van der Waals surface area contributed by atoms with Gasteiger partial charge in [0.1, 0.15) is 11.0 Å². The van der Waals surface area contributed by atoms with Crippen LogP contribution in [0.2, 0.25) is 5.15 Å². The van der Waals surface area contributed by atoms with Crippen molar-refractivity contribution in [2.75, 3.05) is 39.0 Å². The summed E-state index contributed by atoms with van der Waals surface area (Å²) in [4.78, 5) is 18.4. The van der Waals surface area contributed by atoms with E-state index in [1.165, 1.54) is 0 Å². The Kier molecular flexibility index (Phi) is 4.61. The van der Waals surface area contributed by atoms with Crippen molar-refractivity contribution in [3.8, 4) is 0 Å². The summed E-state index contributed by atoms with van der Waals surface area (Å²) in [6.45, 7) is 2.85. The van der Waals surface area contributed by atoms with Gasteiger partial charge in [-0.2, -0.15) is 0 Å². The summed E-state index contributed by atoms with van der Waals surface area (Å²) in [5, 5.41) is 6.16. The normalized spacial score (nSPS) is 19.4. The van der Waals surface area contributed by atoms with Gasteiger partial charge in [-0.05, 0) is 38.1 Å². The van der Waals surface area contributed by atoms with Crippen LogP contribution >= 0.6 is 11.6 Å². The monoisotopic (exact) mass is 282 g/mol. The summed E-state index contributed by atoms with van der Waals surface area (Å²) in [5.74, 6) is 1.03. The minimum absolute atomic E-state index is 0.102. The number of amides is 1. The van der Waals surface area contributed by atoms with Gasteiger partial charge >= 0.3 is 0 Å². The molecule has 1 aliphatic heterocycles. The molecule has 0 saturated carbocycles. The first-order chi connectivity index (χ1) is 9.08. The maximum Gasteiger partial charge on any atom is 0.251 e. The lowest BCUT2D eigenvalue weighted by atomic mass is 10.1. The Balaban J connectivity index is 1.94. The van der Waals surface area contributed by atoms with E-state index in [0.717, 1.165) is 19.5 Å². The molecule has 2 rings (SSSR count). The molecule has 1 aromatic heterocycles. The van der Waals surface area contributed by atoms with E-state index in [1.807, 2.05) is 0 Å². The summed E-state index contributed by atoms with van der Waals surface area (Å²) in [7, 11) is 3.85. The van der Waals surface area contributed by atoms with Crippen molar-refractivity contribution in [1.29, 1.82) is 0 Å². The van der Waals surface area contributed by atoms with E-state index >= 15 is 0 Å². The number of nitrogens with one attached hydrogen (secondary N) is 2. The van der Waals surface area contributed by atoms with Gasteiger partial charge in [0, 0.05) is 25.7 Å². The van der Waals surface area contributed by atoms with Gasteiger partial charge in [0.15, 0.2) is 0 Å². The predicted molar refractivity (Wildman–Crippen MR) is 76.7 cm³/mol. The van der Waals surface area contributed by atoms with Gasteiger partial charge in [-0.25, -0.2) is 4.98 Å². The van der Waals surface area contributed by atoms with E-state index in [0.29, 0.717) is 29.0 Å². The molecule has 0 aromatic carbocycles. The van der Waals surface area contributed by atoms with E-state index in [-0.39, 0.29) is 5.91 Å². The third kappa shape index (κ3) is 3.81. The molecular formula is C13H19ClN4O. The summed E-state index contributed by atoms with van der Waals surface area (Å²) in [6.07, 6.45) is 1.13.